The summed E-state index contributed by atoms with van der Waals surface area (Å²) in [6.45, 7) is 3.45. The molecule has 8 heteroatoms. The number of amides is 1. The van der Waals surface area contributed by atoms with Crippen molar-refractivity contribution in [3.05, 3.63) is 69.8 Å². The average molecular weight is 399 g/mol. The zero-order valence-electron chi connectivity index (χ0n) is 16.8. The van der Waals surface area contributed by atoms with Crippen LogP contribution >= 0.6 is 0 Å². The number of benzene rings is 2. The van der Waals surface area contributed by atoms with Gasteiger partial charge in [-0.25, -0.2) is 0 Å². The summed E-state index contributed by atoms with van der Waals surface area (Å²) in [5, 5.41) is 14.1. The number of para-hydroxylation sites is 1. The van der Waals surface area contributed by atoms with E-state index >= 15 is 0 Å². The first-order valence-electron chi connectivity index (χ1n) is 9.68. The molecule has 1 saturated heterocycles. The van der Waals surface area contributed by atoms with E-state index in [2.05, 4.69) is 29.6 Å². The second-order valence-electron chi connectivity index (χ2n) is 7.29. The Bertz CT molecular complexity index is 848. The predicted octanol–water partition coefficient (Wildman–Crippen LogP) is 1.05. The summed E-state index contributed by atoms with van der Waals surface area (Å²) in [5.74, 6) is -0.431. The van der Waals surface area contributed by atoms with Gasteiger partial charge in [0.05, 0.1) is 24.7 Å². The third kappa shape index (κ3) is 5.10. The van der Waals surface area contributed by atoms with Crippen LogP contribution in [0.2, 0.25) is 0 Å². The van der Waals surface area contributed by atoms with Gasteiger partial charge in [0, 0.05) is 31.4 Å². The maximum Gasteiger partial charge on any atom is 0.282 e. The largest absolute Gasteiger partial charge is 0.378 e. The molecule has 1 heterocycles. The molecule has 2 N–H and O–H groups in total. The number of quaternary nitrogens is 1. The van der Waals surface area contributed by atoms with Crippen LogP contribution in [-0.2, 0) is 4.74 Å². The summed E-state index contributed by atoms with van der Waals surface area (Å²) in [6, 6.07) is 14.4. The molecule has 0 saturated carbocycles. The van der Waals surface area contributed by atoms with Crippen LogP contribution in [0.5, 0.6) is 0 Å². The number of hydrogen-bond donors (Lipinski definition) is 2. The topological polar surface area (TPSA) is 89.2 Å². The molecule has 8 nitrogen and oxygen atoms in total. The fourth-order valence-electron chi connectivity index (χ4n) is 3.60. The Morgan fingerprint density at radius 2 is 1.83 bits per heavy atom. The van der Waals surface area contributed by atoms with Crippen LogP contribution < -0.4 is 15.1 Å². The zero-order chi connectivity index (χ0) is 20.8. The Morgan fingerprint density at radius 3 is 2.45 bits per heavy atom. The normalized spacial score (nSPS) is 15.5. The molecule has 0 unspecified atom stereocenters. The highest BCUT2D eigenvalue weighted by Crippen LogP contribution is 2.19. The van der Waals surface area contributed by atoms with Crippen molar-refractivity contribution in [2.24, 2.45) is 0 Å². The van der Waals surface area contributed by atoms with Crippen LogP contribution in [0.3, 0.4) is 0 Å². The molecule has 3 rings (SSSR count). The van der Waals surface area contributed by atoms with Gasteiger partial charge in [-0.2, -0.15) is 0 Å². The molecule has 2 aromatic rings. The van der Waals surface area contributed by atoms with E-state index < -0.39 is 10.8 Å². The summed E-state index contributed by atoms with van der Waals surface area (Å²) in [4.78, 5) is 26.7. The Labute approximate surface area is 170 Å². The molecular formula is C21H27N4O4+. The van der Waals surface area contributed by atoms with Crippen molar-refractivity contribution in [2.45, 2.75) is 6.04 Å². The van der Waals surface area contributed by atoms with Gasteiger partial charge in [0.15, 0.2) is 0 Å². The minimum absolute atomic E-state index is 0.0434. The Hall–Kier alpha value is -2.97. The van der Waals surface area contributed by atoms with E-state index in [0.717, 1.165) is 24.3 Å². The van der Waals surface area contributed by atoms with Crippen LogP contribution in [0.15, 0.2) is 48.5 Å². The lowest BCUT2D eigenvalue weighted by Gasteiger charge is -2.32. The average Bonchev–Trinajstić information content (AvgIpc) is 2.74. The van der Waals surface area contributed by atoms with E-state index in [4.69, 9.17) is 4.74 Å². The molecule has 1 aliphatic heterocycles. The number of ether oxygens (including phenoxy) is 1. The first kappa shape index (κ1) is 20.8. The fraction of sp³-hybridized carbons (Fsp3) is 0.381. The van der Waals surface area contributed by atoms with Gasteiger partial charge in [-0.15, -0.1) is 0 Å². The van der Waals surface area contributed by atoms with Gasteiger partial charge in [-0.3, -0.25) is 14.9 Å². The van der Waals surface area contributed by atoms with Crippen molar-refractivity contribution >= 4 is 17.3 Å². The van der Waals surface area contributed by atoms with Crippen LogP contribution in [0, 0.1) is 10.1 Å². The Balaban J connectivity index is 1.78. The molecule has 1 aliphatic rings. The molecular weight excluding hydrogens is 372 g/mol. The predicted molar refractivity (Wildman–Crippen MR) is 110 cm³/mol. The lowest BCUT2D eigenvalue weighted by molar-refractivity contribution is -0.937. The fourth-order valence-corrected chi connectivity index (χ4v) is 3.60. The number of anilines is 1. The molecule has 1 amide bonds. The Kier molecular flexibility index (Phi) is 6.79. The highest BCUT2D eigenvalue weighted by Gasteiger charge is 2.28. The summed E-state index contributed by atoms with van der Waals surface area (Å²) >= 11 is 0. The lowest BCUT2D eigenvalue weighted by Crippen LogP contribution is -3.15. The lowest BCUT2D eigenvalue weighted by atomic mass is 10.0. The van der Waals surface area contributed by atoms with Crippen LogP contribution in [0.1, 0.15) is 22.0 Å². The molecule has 0 bridgehead atoms. The first-order chi connectivity index (χ1) is 14.0. The number of nitro groups is 1. The SMILES string of the molecule is CN(C)c1ccc([C@@H](CNC(=O)c2ccccc2[N+](=O)[O-])[NH+]2CCOCC2)cc1. The minimum atomic E-state index is -0.528. The summed E-state index contributed by atoms with van der Waals surface area (Å²) in [7, 11) is 3.99. The number of nitro benzene ring substituents is 1. The smallest absolute Gasteiger partial charge is 0.282 e. The zero-order valence-corrected chi connectivity index (χ0v) is 16.8. The molecule has 0 radical (unpaired) electrons. The van der Waals surface area contributed by atoms with Crippen molar-refractivity contribution in [2.75, 3.05) is 51.8 Å². The number of nitrogens with zero attached hydrogens (tertiary/aromatic N) is 2. The van der Waals surface area contributed by atoms with Crippen molar-refractivity contribution in [1.29, 1.82) is 0 Å². The third-order valence-electron chi connectivity index (χ3n) is 5.25. The van der Waals surface area contributed by atoms with E-state index in [1.807, 2.05) is 19.0 Å². The molecule has 1 fully saturated rings. The second-order valence-corrected chi connectivity index (χ2v) is 7.29. The quantitative estimate of drug-likeness (QED) is 0.537. The van der Waals surface area contributed by atoms with E-state index in [1.165, 1.54) is 17.0 Å². The molecule has 0 aromatic heterocycles. The maximum absolute atomic E-state index is 12.7. The molecule has 2 aromatic carbocycles. The van der Waals surface area contributed by atoms with Gasteiger partial charge in [0.25, 0.3) is 11.6 Å². The second kappa shape index (κ2) is 9.49. The van der Waals surface area contributed by atoms with Crippen LogP contribution in [0.25, 0.3) is 0 Å². The number of carbonyl (C=O) groups excluding carboxylic acids is 1. The van der Waals surface area contributed by atoms with Gasteiger partial charge in [0.2, 0.25) is 0 Å². The van der Waals surface area contributed by atoms with E-state index in [-0.39, 0.29) is 17.3 Å². The maximum atomic E-state index is 12.7. The van der Waals surface area contributed by atoms with Crippen LogP contribution in [-0.4, -0.2) is 57.8 Å². The minimum Gasteiger partial charge on any atom is -0.378 e. The van der Waals surface area contributed by atoms with Crippen molar-refractivity contribution in [1.82, 2.24) is 5.32 Å². The highest BCUT2D eigenvalue weighted by atomic mass is 16.6. The highest BCUT2D eigenvalue weighted by molar-refractivity contribution is 5.98. The van der Waals surface area contributed by atoms with E-state index in [9.17, 15) is 14.9 Å². The van der Waals surface area contributed by atoms with Gasteiger partial charge in [-0.05, 0) is 18.2 Å². The monoisotopic (exact) mass is 399 g/mol. The standard InChI is InChI=1S/C21H26N4O4/c1-23(2)17-9-7-16(8-10-17)20(24-11-13-29-14-12-24)15-22-21(26)18-5-3-4-6-19(18)25(27)28/h3-10,20H,11-15H2,1-2H3,(H,22,26)/p+1/t20-/m1/s1. The van der Waals surface area contributed by atoms with E-state index in [0.29, 0.717) is 19.8 Å². The van der Waals surface area contributed by atoms with Gasteiger partial charge >= 0.3 is 0 Å². The molecule has 29 heavy (non-hydrogen) atoms. The van der Waals surface area contributed by atoms with Crippen LogP contribution in [0.4, 0.5) is 11.4 Å². The summed E-state index contributed by atoms with van der Waals surface area (Å²) in [5.41, 5.74) is 2.12. The Morgan fingerprint density at radius 1 is 1.17 bits per heavy atom. The van der Waals surface area contributed by atoms with Gasteiger partial charge < -0.3 is 19.9 Å². The number of carbonyl (C=O) groups is 1. The molecule has 0 aliphatic carbocycles. The number of hydrogen-bond acceptors (Lipinski definition) is 5. The summed E-state index contributed by atoms with van der Waals surface area (Å²) < 4.78 is 5.48. The number of rotatable bonds is 7. The summed E-state index contributed by atoms with van der Waals surface area (Å²) in [6.07, 6.45) is 0. The number of nitrogens with one attached hydrogen (secondary N) is 2. The van der Waals surface area contributed by atoms with Gasteiger partial charge in [0.1, 0.15) is 24.7 Å². The molecule has 154 valence electrons. The van der Waals surface area contributed by atoms with E-state index in [1.54, 1.807) is 12.1 Å². The first-order valence-corrected chi connectivity index (χ1v) is 9.68. The van der Waals surface area contributed by atoms with Crippen molar-refractivity contribution in [3.8, 4) is 0 Å². The van der Waals surface area contributed by atoms with Gasteiger partial charge in [-0.1, -0.05) is 24.3 Å². The number of morpholine rings is 1. The van der Waals surface area contributed by atoms with Crippen molar-refractivity contribution < 1.29 is 19.4 Å². The third-order valence-corrected chi connectivity index (χ3v) is 5.25. The van der Waals surface area contributed by atoms with Crippen molar-refractivity contribution in [3.63, 3.8) is 0 Å². The molecule has 0 spiro atoms. The molecule has 1 atom stereocenters.